The Hall–Kier alpha value is -3.88. The Morgan fingerprint density at radius 1 is 1.03 bits per heavy atom. The number of halogens is 1. The van der Waals surface area contributed by atoms with Crippen molar-refractivity contribution in [1.82, 2.24) is 5.43 Å². The average Bonchev–Trinajstić information content (AvgIpc) is 2.88. The first-order chi connectivity index (χ1) is 17.7. The van der Waals surface area contributed by atoms with Gasteiger partial charge in [-0.15, -0.1) is 0 Å². The number of anilines is 1. The molecule has 0 heterocycles. The lowest BCUT2D eigenvalue weighted by Gasteiger charge is -2.21. The molecule has 0 saturated heterocycles. The number of benzene rings is 4. The molecule has 0 spiro atoms. The van der Waals surface area contributed by atoms with E-state index in [1.165, 1.54) is 17.7 Å². The maximum absolute atomic E-state index is 12.4. The number of rotatable bonds is 9. The molecule has 0 aliphatic carbocycles. The van der Waals surface area contributed by atoms with E-state index in [-0.39, 0.29) is 0 Å². The Morgan fingerprint density at radius 3 is 2.49 bits per heavy atom. The highest BCUT2D eigenvalue weighted by atomic mass is 35.5. The van der Waals surface area contributed by atoms with Gasteiger partial charge in [0.15, 0.2) is 0 Å². The lowest BCUT2D eigenvalue weighted by atomic mass is 10.1. The van der Waals surface area contributed by atoms with E-state index in [4.69, 9.17) is 16.3 Å². The van der Waals surface area contributed by atoms with Gasteiger partial charge in [-0.25, -0.2) is 13.8 Å². The predicted octanol–water partition coefficient (Wildman–Crippen LogP) is 5.30. The van der Waals surface area contributed by atoms with Gasteiger partial charge >= 0.3 is 0 Å². The largest absolute Gasteiger partial charge is 0.489 e. The summed E-state index contributed by atoms with van der Waals surface area (Å²) < 4.78 is 31.4. The van der Waals surface area contributed by atoms with E-state index in [2.05, 4.69) is 28.7 Å². The molecule has 1 amide bonds. The molecule has 0 unspecified atom stereocenters. The molecule has 4 aromatic carbocycles. The van der Waals surface area contributed by atoms with Crippen LogP contribution in [0.1, 0.15) is 16.7 Å². The fraction of sp³-hybridized carbons (Fsp3) is 0.143. The molecule has 0 aliphatic rings. The SMILES string of the molecule is Cc1ccc(N(CC(=O)N/N=C\c2ccc(OCc3cccc4ccccc34)cc2)S(C)(=O)=O)cc1Cl. The van der Waals surface area contributed by atoms with Crippen molar-refractivity contribution in [2.75, 3.05) is 17.1 Å². The zero-order valence-corrected chi connectivity index (χ0v) is 22.0. The first-order valence-electron chi connectivity index (χ1n) is 11.5. The van der Waals surface area contributed by atoms with Gasteiger partial charge in [-0.1, -0.05) is 60.1 Å². The van der Waals surface area contributed by atoms with Crippen molar-refractivity contribution in [2.24, 2.45) is 5.10 Å². The van der Waals surface area contributed by atoms with Gasteiger partial charge in [-0.05, 0) is 70.8 Å². The smallest absolute Gasteiger partial charge is 0.260 e. The van der Waals surface area contributed by atoms with E-state index in [0.717, 1.165) is 32.6 Å². The molecule has 0 atom stereocenters. The van der Waals surface area contributed by atoms with Crippen LogP contribution in [0.25, 0.3) is 10.8 Å². The van der Waals surface area contributed by atoms with Gasteiger partial charge in [0.2, 0.25) is 10.0 Å². The highest BCUT2D eigenvalue weighted by Crippen LogP contribution is 2.25. The lowest BCUT2D eigenvalue weighted by Crippen LogP contribution is -2.39. The number of hydrogen-bond acceptors (Lipinski definition) is 5. The second-order valence-electron chi connectivity index (χ2n) is 8.49. The van der Waals surface area contributed by atoms with Crippen LogP contribution in [-0.4, -0.2) is 33.3 Å². The molecular weight excluding hydrogens is 510 g/mol. The number of nitrogens with one attached hydrogen (secondary N) is 1. The van der Waals surface area contributed by atoms with Gasteiger partial charge in [0.25, 0.3) is 5.91 Å². The van der Waals surface area contributed by atoms with Crippen molar-refractivity contribution in [1.29, 1.82) is 0 Å². The third kappa shape index (κ3) is 6.87. The number of sulfonamides is 1. The maximum atomic E-state index is 12.4. The zero-order chi connectivity index (χ0) is 26.4. The minimum atomic E-state index is -3.71. The van der Waals surface area contributed by atoms with Crippen molar-refractivity contribution in [3.05, 3.63) is 107 Å². The average molecular weight is 536 g/mol. The zero-order valence-electron chi connectivity index (χ0n) is 20.4. The maximum Gasteiger partial charge on any atom is 0.260 e. The van der Waals surface area contributed by atoms with Crippen molar-refractivity contribution in [2.45, 2.75) is 13.5 Å². The normalized spacial score (nSPS) is 11.5. The summed E-state index contributed by atoms with van der Waals surface area (Å²) in [5, 5.41) is 6.68. The van der Waals surface area contributed by atoms with E-state index < -0.39 is 22.5 Å². The van der Waals surface area contributed by atoms with Crippen LogP contribution < -0.4 is 14.5 Å². The number of amides is 1. The second kappa shape index (κ2) is 11.5. The van der Waals surface area contributed by atoms with Gasteiger partial charge in [-0.2, -0.15) is 5.10 Å². The van der Waals surface area contributed by atoms with E-state index in [9.17, 15) is 13.2 Å². The van der Waals surface area contributed by atoms with Crippen molar-refractivity contribution < 1.29 is 17.9 Å². The number of hydrazone groups is 1. The number of nitrogens with zero attached hydrogens (tertiary/aromatic N) is 2. The number of fused-ring (bicyclic) bond motifs is 1. The summed E-state index contributed by atoms with van der Waals surface area (Å²) in [6.45, 7) is 1.81. The standard InChI is InChI=1S/C28H26ClN3O4S/c1-20-10-13-24(16-27(20)29)32(37(2,34)35)18-28(33)31-30-17-21-11-14-25(15-12-21)36-19-23-8-5-7-22-6-3-4-9-26(22)23/h3-17H,18-19H2,1-2H3,(H,31,33)/b30-17-. The summed E-state index contributed by atoms with van der Waals surface area (Å²) in [5.74, 6) is 0.114. The van der Waals surface area contributed by atoms with Crippen LogP contribution in [0, 0.1) is 6.92 Å². The summed E-state index contributed by atoms with van der Waals surface area (Å²) in [4.78, 5) is 12.4. The molecule has 1 N–H and O–H groups in total. The molecule has 0 bridgehead atoms. The van der Waals surface area contributed by atoms with Crippen LogP contribution in [0.15, 0.2) is 90.0 Å². The van der Waals surface area contributed by atoms with Crippen molar-refractivity contribution in [3.8, 4) is 5.75 Å². The molecule has 190 valence electrons. The van der Waals surface area contributed by atoms with Gasteiger partial charge in [0.1, 0.15) is 18.9 Å². The minimum absolute atomic E-state index is 0.302. The van der Waals surface area contributed by atoms with E-state index in [0.29, 0.717) is 23.1 Å². The van der Waals surface area contributed by atoms with Gasteiger partial charge in [0, 0.05) is 5.02 Å². The summed E-state index contributed by atoms with van der Waals surface area (Å²) in [6, 6.07) is 26.4. The van der Waals surface area contributed by atoms with Gasteiger partial charge in [0.05, 0.1) is 18.2 Å². The van der Waals surface area contributed by atoms with E-state index in [1.807, 2.05) is 55.5 Å². The van der Waals surface area contributed by atoms with Crippen LogP contribution in [-0.2, 0) is 21.4 Å². The molecule has 4 rings (SSSR count). The molecule has 0 radical (unpaired) electrons. The highest BCUT2D eigenvalue weighted by Gasteiger charge is 2.21. The van der Waals surface area contributed by atoms with Crippen LogP contribution in [0.2, 0.25) is 5.02 Å². The summed E-state index contributed by atoms with van der Waals surface area (Å²) >= 11 is 6.13. The van der Waals surface area contributed by atoms with Gasteiger partial charge in [-0.3, -0.25) is 9.10 Å². The highest BCUT2D eigenvalue weighted by molar-refractivity contribution is 7.92. The van der Waals surface area contributed by atoms with Crippen LogP contribution in [0.5, 0.6) is 5.75 Å². The molecule has 0 aliphatic heterocycles. The monoisotopic (exact) mass is 535 g/mol. The summed E-state index contributed by atoms with van der Waals surface area (Å²) in [7, 11) is -3.71. The third-order valence-electron chi connectivity index (χ3n) is 5.69. The number of ether oxygens (including phenoxy) is 1. The molecule has 9 heteroatoms. The van der Waals surface area contributed by atoms with E-state index >= 15 is 0 Å². The molecule has 4 aromatic rings. The second-order valence-corrected chi connectivity index (χ2v) is 10.8. The Labute approximate surface area is 221 Å². The molecule has 7 nitrogen and oxygen atoms in total. The third-order valence-corrected chi connectivity index (χ3v) is 7.24. The Kier molecular flexibility index (Phi) is 8.11. The molecule has 0 aromatic heterocycles. The van der Waals surface area contributed by atoms with E-state index in [1.54, 1.807) is 12.1 Å². The fourth-order valence-electron chi connectivity index (χ4n) is 3.71. The summed E-state index contributed by atoms with van der Waals surface area (Å²) in [6.07, 6.45) is 2.50. The molecule has 37 heavy (non-hydrogen) atoms. The van der Waals surface area contributed by atoms with Crippen molar-refractivity contribution in [3.63, 3.8) is 0 Å². The number of hydrogen-bond donors (Lipinski definition) is 1. The first-order valence-corrected chi connectivity index (χ1v) is 13.7. The fourth-order valence-corrected chi connectivity index (χ4v) is 4.73. The van der Waals surface area contributed by atoms with Crippen molar-refractivity contribution >= 4 is 50.2 Å². The Balaban J connectivity index is 1.34. The summed E-state index contributed by atoms with van der Waals surface area (Å²) in [5.41, 5.74) is 5.31. The van der Waals surface area contributed by atoms with Crippen LogP contribution in [0.4, 0.5) is 5.69 Å². The predicted molar refractivity (Wildman–Crippen MR) is 149 cm³/mol. The van der Waals surface area contributed by atoms with Gasteiger partial charge < -0.3 is 4.74 Å². The lowest BCUT2D eigenvalue weighted by molar-refractivity contribution is -0.119. The number of carbonyl (C=O) groups is 1. The van der Waals surface area contributed by atoms with Crippen LogP contribution in [0.3, 0.4) is 0 Å². The molecule has 0 fully saturated rings. The number of carbonyl (C=O) groups excluding carboxylic acids is 1. The van der Waals surface area contributed by atoms with Crippen LogP contribution >= 0.6 is 11.6 Å². The quantitative estimate of drug-likeness (QED) is 0.233. The number of aryl methyl sites for hydroxylation is 1. The Bertz CT molecular complexity index is 1550. The first kappa shape index (κ1) is 26.2. The topological polar surface area (TPSA) is 88.1 Å². The molecule has 0 saturated carbocycles. The minimum Gasteiger partial charge on any atom is -0.489 e. The molecular formula is C28H26ClN3O4S. The Morgan fingerprint density at radius 2 is 1.76 bits per heavy atom.